The molecule has 1 saturated heterocycles. The highest BCUT2D eigenvalue weighted by atomic mass is 32.1. The first-order valence-corrected chi connectivity index (χ1v) is 9.25. The third-order valence-corrected chi connectivity index (χ3v) is 5.49. The van der Waals surface area contributed by atoms with E-state index in [0.29, 0.717) is 12.3 Å². The van der Waals surface area contributed by atoms with E-state index in [1.807, 2.05) is 17.0 Å². The van der Waals surface area contributed by atoms with Gasteiger partial charge in [-0.15, -0.1) is 11.3 Å². The number of aromatic nitrogens is 2. The van der Waals surface area contributed by atoms with E-state index in [-0.39, 0.29) is 5.91 Å². The van der Waals surface area contributed by atoms with Crippen molar-refractivity contribution in [2.75, 3.05) is 13.1 Å². The summed E-state index contributed by atoms with van der Waals surface area (Å²) in [7, 11) is 0. The van der Waals surface area contributed by atoms with Crippen LogP contribution in [0.1, 0.15) is 48.4 Å². The zero-order valence-electron chi connectivity index (χ0n) is 13.6. The maximum atomic E-state index is 12.5. The van der Waals surface area contributed by atoms with Crippen LogP contribution < -0.4 is 0 Å². The summed E-state index contributed by atoms with van der Waals surface area (Å²) in [4.78, 5) is 23.3. The minimum absolute atomic E-state index is 0.263. The van der Waals surface area contributed by atoms with Gasteiger partial charge in [0, 0.05) is 43.2 Å². The number of nitrogens with zero attached hydrogens (tertiary/aromatic N) is 3. The van der Waals surface area contributed by atoms with Crippen LogP contribution in [-0.4, -0.2) is 33.9 Å². The smallest absolute Gasteiger partial charge is 0.222 e. The fraction of sp³-hybridized carbons (Fsp3) is 0.500. The van der Waals surface area contributed by atoms with Crippen LogP contribution in [0.5, 0.6) is 0 Å². The maximum Gasteiger partial charge on any atom is 0.222 e. The van der Waals surface area contributed by atoms with Gasteiger partial charge in [0.25, 0.3) is 0 Å². The third kappa shape index (κ3) is 4.16. The van der Waals surface area contributed by atoms with Gasteiger partial charge >= 0.3 is 0 Å². The third-order valence-electron chi connectivity index (χ3n) is 4.43. The number of pyridine rings is 1. The second kappa shape index (κ2) is 7.68. The van der Waals surface area contributed by atoms with E-state index in [9.17, 15) is 4.79 Å². The van der Waals surface area contributed by atoms with Gasteiger partial charge in [-0.25, -0.2) is 4.98 Å². The van der Waals surface area contributed by atoms with E-state index in [0.717, 1.165) is 38.8 Å². The minimum atomic E-state index is 0.263. The normalized spacial score (nSPS) is 18.1. The average molecular weight is 329 g/mol. The molecule has 0 radical (unpaired) electrons. The summed E-state index contributed by atoms with van der Waals surface area (Å²) in [6, 6.07) is 3.96. The molecule has 2 aromatic rings. The Kier molecular flexibility index (Phi) is 5.39. The van der Waals surface area contributed by atoms with Crippen molar-refractivity contribution < 1.29 is 4.79 Å². The summed E-state index contributed by atoms with van der Waals surface area (Å²) in [5.41, 5.74) is 2.35. The molecule has 5 heteroatoms. The number of piperidine rings is 1. The van der Waals surface area contributed by atoms with Crippen molar-refractivity contribution in [2.24, 2.45) is 0 Å². The van der Waals surface area contributed by atoms with E-state index in [1.165, 1.54) is 16.3 Å². The SMILES string of the molecule is CCc1csc([C@@H]2CCCN(C(=O)CCc3ccncc3)C2)n1. The van der Waals surface area contributed by atoms with Crippen LogP contribution in [0, 0.1) is 0 Å². The monoisotopic (exact) mass is 329 g/mol. The lowest BCUT2D eigenvalue weighted by atomic mass is 9.98. The standard InChI is InChI=1S/C18H23N3OS/c1-2-16-13-23-18(20-16)15-4-3-11-21(12-15)17(22)6-5-14-7-9-19-10-8-14/h7-10,13,15H,2-6,11-12H2,1H3/t15-/m1/s1. The van der Waals surface area contributed by atoms with E-state index in [2.05, 4.69) is 17.3 Å². The first kappa shape index (κ1) is 16.1. The molecule has 2 aromatic heterocycles. The van der Waals surface area contributed by atoms with Crippen LogP contribution in [0.15, 0.2) is 29.9 Å². The molecule has 3 rings (SSSR count). The summed E-state index contributed by atoms with van der Waals surface area (Å²) < 4.78 is 0. The largest absolute Gasteiger partial charge is 0.342 e. The van der Waals surface area contributed by atoms with Crippen LogP contribution in [0.2, 0.25) is 0 Å². The zero-order valence-corrected chi connectivity index (χ0v) is 14.4. The molecule has 1 amide bonds. The molecule has 0 saturated carbocycles. The van der Waals surface area contributed by atoms with Crippen molar-refractivity contribution in [3.63, 3.8) is 0 Å². The second-order valence-corrected chi connectivity index (χ2v) is 6.95. The fourth-order valence-electron chi connectivity index (χ4n) is 3.04. The molecule has 1 fully saturated rings. The van der Waals surface area contributed by atoms with E-state index < -0.39 is 0 Å². The number of carbonyl (C=O) groups excluding carboxylic acids is 1. The topological polar surface area (TPSA) is 46.1 Å². The van der Waals surface area contributed by atoms with Gasteiger partial charge in [-0.05, 0) is 43.4 Å². The summed E-state index contributed by atoms with van der Waals surface area (Å²) in [6.45, 7) is 3.85. The number of likely N-dealkylation sites (tertiary alicyclic amines) is 1. The molecule has 0 spiro atoms. The number of rotatable bonds is 5. The van der Waals surface area contributed by atoms with Gasteiger partial charge in [0.05, 0.1) is 10.7 Å². The Hall–Kier alpha value is -1.75. The van der Waals surface area contributed by atoms with Crippen LogP contribution in [-0.2, 0) is 17.6 Å². The van der Waals surface area contributed by atoms with E-state index >= 15 is 0 Å². The Labute approximate surface area is 141 Å². The van der Waals surface area contributed by atoms with Gasteiger partial charge in [0.1, 0.15) is 0 Å². The Morgan fingerprint density at radius 2 is 2.22 bits per heavy atom. The molecule has 0 N–H and O–H groups in total. The Balaban J connectivity index is 1.56. The summed E-state index contributed by atoms with van der Waals surface area (Å²) >= 11 is 1.75. The van der Waals surface area contributed by atoms with Gasteiger partial charge in [-0.3, -0.25) is 9.78 Å². The molecule has 4 nitrogen and oxygen atoms in total. The van der Waals surface area contributed by atoms with Gasteiger partial charge in [-0.1, -0.05) is 6.92 Å². The number of aryl methyl sites for hydroxylation is 2. The molecule has 3 heterocycles. The molecular weight excluding hydrogens is 306 g/mol. The van der Waals surface area contributed by atoms with Crippen molar-refractivity contribution >= 4 is 17.2 Å². The molecule has 122 valence electrons. The summed E-state index contributed by atoms with van der Waals surface area (Å²) in [6.07, 6.45) is 8.14. The summed E-state index contributed by atoms with van der Waals surface area (Å²) in [5.74, 6) is 0.678. The minimum Gasteiger partial charge on any atom is -0.342 e. The van der Waals surface area contributed by atoms with Crippen molar-refractivity contribution in [3.05, 3.63) is 46.2 Å². The van der Waals surface area contributed by atoms with Gasteiger partial charge < -0.3 is 4.90 Å². The summed E-state index contributed by atoms with van der Waals surface area (Å²) in [5, 5.41) is 3.35. The van der Waals surface area contributed by atoms with E-state index in [4.69, 9.17) is 4.98 Å². The fourth-order valence-corrected chi connectivity index (χ4v) is 4.07. The highest BCUT2D eigenvalue weighted by Gasteiger charge is 2.26. The van der Waals surface area contributed by atoms with Gasteiger partial charge in [0.2, 0.25) is 5.91 Å². The van der Waals surface area contributed by atoms with Crippen molar-refractivity contribution in [1.82, 2.24) is 14.9 Å². The van der Waals surface area contributed by atoms with Crippen LogP contribution >= 0.6 is 11.3 Å². The number of amides is 1. The van der Waals surface area contributed by atoms with Crippen LogP contribution in [0.3, 0.4) is 0 Å². The molecule has 1 aliphatic heterocycles. The maximum absolute atomic E-state index is 12.5. The number of thiazole rings is 1. The lowest BCUT2D eigenvalue weighted by Gasteiger charge is -2.32. The molecule has 0 aliphatic carbocycles. The number of hydrogen-bond acceptors (Lipinski definition) is 4. The lowest BCUT2D eigenvalue weighted by molar-refractivity contribution is -0.132. The number of carbonyl (C=O) groups is 1. The average Bonchev–Trinajstić information content (AvgIpc) is 3.10. The molecule has 23 heavy (non-hydrogen) atoms. The Morgan fingerprint density at radius 1 is 1.39 bits per heavy atom. The highest BCUT2D eigenvalue weighted by Crippen LogP contribution is 2.29. The molecule has 0 aromatic carbocycles. The van der Waals surface area contributed by atoms with Crippen molar-refractivity contribution in [2.45, 2.75) is 44.9 Å². The first-order chi connectivity index (χ1) is 11.3. The van der Waals surface area contributed by atoms with E-state index in [1.54, 1.807) is 23.7 Å². The zero-order chi connectivity index (χ0) is 16.1. The van der Waals surface area contributed by atoms with Gasteiger partial charge in [-0.2, -0.15) is 0 Å². The molecule has 1 atom stereocenters. The van der Waals surface area contributed by atoms with Crippen molar-refractivity contribution in [3.8, 4) is 0 Å². The van der Waals surface area contributed by atoms with Gasteiger partial charge in [0.15, 0.2) is 0 Å². The van der Waals surface area contributed by atoms with Crippen LogP contribution in [0.25, 0.3) is 0 Å². The number of hydrogen-bond donors (Lipinski definition) is 0. The van der Waals surface area contributed by atoms with Crippen LogP contribution in [0.4, 0.5) is 0 Å². The second-order valence-electron chi connectivity index (χ2n) is 6.07. The van der Waals surface area contributed by atoms with Crippen molar-refractivity contribution in [1.29, 1.82) is 0 Å². The quantitative estimate of drug-likeness (QED) is 0.844. The predicted octanol–water partition coefficient (Wildman–Crippen LogP) is 3.44. The first-order valence-electron chi connectivity index (χ1n) is 8.37. The predicted molar refractivity (Wildman–Crippen MR) is 92.6 cm³/mol. The Bertz CT molecular complexity index is 641. The molecule has 0 unspecified atom stereocenters. The molecule has 0 bridgehead atoms. The Morgan fingerprint density at radius 3 is 2.96 bits per heavy atom. The molecular formula is C18H23N3OS. The lowest BCUT2D eigenvalue weighted by Crippen LogP contribution is -2.39. The highest BCUT2D eigenvalue weighted by molar-refractivity contribution is 7.09. The molecule has 1 aliphatic rings.